The summed E-state index contributed by atoms with van der Waals surface area (Å²) in [6.07, 6.45) is 4.51. The summed E-state index contributed by atoms with van der Waals surface area (Å²) >= 11 is 0. The Hall–Kier alpha value is -3.51. The van der Waals surface area contributed by atoms with E-state index in [1.54, 1.807) is 19.2 Å². The fourth-order valence-electron chi connectivity index (χ4n) is 4.91. The Morgan fingerprint density at radius 1 is 0.882 bits per heavy atom. The van der Waals surface area contributed by atoms with Gasteiger partial charge in [-0.15, -0.1) is 0 Å². The third-order valence-electron chi connectivity index (χ3n) is 6.79. The maximum absolute atomic E-state index is 12.6. The Morgan fingerprint density at radius 2 is 1.50 bits per heavy atom. The largest absolute Gasteiger partial charge is 0.355 e. The molecule has 1 fully saturated rings. The van der Waals surface area contributed by atoms with Gasteiger partial charge < -0.3 is 15.5 Å². The quantitative estimate of drug-likeness (QED) is 0.508. The Kier molecular flexibility index (Phi) is 7.70. The van der Waals surface area contributed by atoms with Gasteiger partial charge in [0.1, 0.15) is 5.69 Å². The van der Waals surface area contributed by atoms with Crippen LogP contribution in [0, 0.1) is 0 Å². The molecule has 34 heavy (non-hydrogen) atoms. The van der Waals surface area contributed by atoms with Crippen LogP contribution in [0.3, 0.4) is 0 Å². The van der Waals surface area contributed by atoms with Crippen molar-refractivity contribution in [2.75, 3.05) is 33.2 Å². The average Bonchev–Trinajstić information content (AvgIpc) is 2.92. The molecule has 0 saturated carbocycles. The fourth-order valence-corrected chi connectivity index (χ4v) is 4.91. The van der Waals surface area contributed by atoms with E-state index in [0.717, 1.165) is 38.9 Å². The number of hydrogen-bond donors (Lipinski definition) is 2. The Balaban J connectivity index is 1.32. The number of carbonyl (C=O) groups is 2. The summed E-state index contributed by atoms with van der Waals surface area (Å²) in [5, 5.41) is 5.47. The molecule has 0 bridgehead atoms. The first-order valence-corrected chi connectivity index (χ1v) is 11.9. The molecule has 0 aliphatic carbocycles. The van der Waals surface area contributed by atoms with Crippen LogP contribution in [0.5, 0.6) is 0 Å². The van der Waals surface area contributed by atoms with Gasteiger partial charge in [-0.25, -0.2) is 0 Å². The predicted molar refractivity (Wildman–Crippen MR) is 134 cm³/mol. The molecule has 2 aromatic carbocycles. The van der Waals surface area contributed by atoms with Gasteiger partial charge >= 0.3 is 0 Å². The number of likely N-dealkylation sites (tertiary alicyclic amines) is 1. The molecule has 4 rings (SSSR count). The van der Waals surface area contributed by atoms with Crippen molar-refractivity contribution in [3.05, 3.63) is 101 Å². The highest BCUT2D eigenvalue weighted by atomic mass is 16.2. The van der Waals surface area contributed by atoms with E-state index in [1.807, 2.05) is 0 Å². The van der Waals surface area contributed by atoms with E-state index in [4.69, 9.17) is 0 Å². The zero-order chi connectivity index (χ0) is 23.8. The maximum atomic E-state index is 12.6. The van der Waals surface area contributed by atoms with Crippen molar-refractivity contribution in [2.45, 2.75) is 24.7 Å². The van der Waals surface area contributed by atoms with Crippen LogP contribution in [-0.2, 0) is 5.41 Å². The van der Waals surface area contributed by atoms with Gasteiger partial charge in [-0.3, -0.25) is 14.6 Å². The van der Waals surface area contributed by atoms with Gasteiger partial charge in [0.25, 0.3) is 11.8 Å². The zero-order valence-electron chi connectivity index (χ0n) is 19.7. The average molecular weight is 457 g/mol. The second kappa shape index (κ2) is 11.1. The summed E-state index contributed by atoms with van der Waals surface area (Å²) in [7, 11) is 1.54. The van der Waals surface area contributed by atoms with Crippen molar-refractivity contribution in [3.8, 4) is 0 Å². The molecular formula is C28H32N4O2. The Morgan fingerprint density at radius 3 is 2.09 bits per heavy atom. The van der Waals surface area contributed by atoms with E-state index in [2.05, 4.69) is 81.2 Å². The Bertz CT molecular complexity index is 1050. The summed E-state index contributed by atoms with van der Waals surface area (Å²) in [6.45, 7) is 3.49. The molecule has 6 nitrogen and oxygen atoms in total. The third kappa shape index (κ3) is 5.18. The van der Waals surface area contributed by atoms with Gasteiger partial charge in [-0.1, -0.05) is 60.7 Å². The minimum absolute atomic E-state index is 0.0441. The summed E-state index contributed by atoms with van der Waals surface area (Å²) in [4.78, 5) is 31.1. The van der Waals surface area contributed by atoms with Crippen LogP contribution in [0.2, 0.25) is 0 Å². The summed E-state index contributed by atoms with van der Waals surface area (Å²) in [6, 6.07) is 25.0. The lowest BCUT2D eigenvalue weighted by molar-refractivity contribution is 0.0917. The molecule has 1 saturated heterocycles. The normalized spacial score (nSPS) is 15.4. The number of benzene rings is 2. The number of amides is 2. The molecule has 2 amide bonds. The summed E-state index contributed by atoms with van der Waals surface area (Å²) in [5.41, 5.74) is 3.26. The number of nitrogens with zero attached hydrogens (tertiary/aromatic N) is 2. The zero-order valence-corrected chi connectivity index (χ0v) is 19.7. The van der Waals surface area contributed by atoms with Gasteiger partial charge in [-0.05, 0) is 62.2 Å². The summed E-state index contributed by atoms with van der Waals surface area (Å²) in [5.74, 6) is -0.628. The number of piperidine rings is 1. The van der Waals surface area contributed by atoms with Crippen LogP contribution in [0.15, 0.2) is 79.0 Å². The molecule has 1 aliphatic heterocycles. The lowest BCUT2D eigenvalue weighted by Gasteiger charge is -2.43. The number of carbonyl (C=O) groups excluding carboxylic acids is 2. The van der Waals surface area contributed by atoms with Crippen molar-refractivity contribution in [1.29, 1.82) is 0 Å². The van der Waals surface area contributed by atoms with Gasteiger partial charge in [-0.2, -0.15) is 0 Å². The molecule has 0 unspecified atom stereocenters. The Labute approximate surface area is 201 Å². The molecule has 0 atom stereocenters. The summed E-state index contributed by atoms with van der Waals surface area (Å²) < 4.78 is 0. The highest BCUT2D eigenvalue weighted by Crippen LogP contribution is 2.41. The molecule has 6 heteroatoms. The molecule has 0 spiro atoms. The maximum Gasteiger partial charge on any atom is 0.270 e. The second-order valence-electron chi connectivity index (χ2n) is 8.74. The van der Waals surface area contributed by atoms with Crippen LogP contribution in [0.1, 0.15) is 51.2 Å². The van der Waals surface area contributed by atoms with Crippen LogP contribution in [-0.4, -0.2) is 54.9 Å². The third-order valence-corrected chi connectivity index (χ3v) is 6.79. The van der Waals surface area contributed by atoms with Crippen LogP contribution in [0.4, 0.5) is 0 Å². The molecular weight excluding hydrogens is 424 g/mol. The molecule has 2 N–H and O–H groups in total. The minimum atomic E-state index is -0.315. The first-order chi connectivity index (χ1) is 16.6. The molecule has 1 aliphatic rings. The highest BCUT2D eigenvalue weighted by molar-refractivity contribution is 6.05. The van der Waals surface area contributed by atoms with Crippen molar-refractivity contribution in [3.63, 3.8) is 0 Å². The standard InChI is InChI=1S/C28H32N4O2/c1-29-26(33)24-14-8-17-30-25(24)27(34)31-18-9-19-32-20-15-28(16-21-32,22-10-4-2-5-11-22)23-12-6-3-7-13-23/h2-8,10-14,17H,9,15-16,18-21H2,1H3,(H,29,33)(H,31,34). The van der Waals surface area contributed by atoms with Crippen LogP contribution < -0.4 is 10.6 Å². The van der Waals surface area contributed by atoms with Crippen LogP contribution in [0.25, 0.3) is 0 Å². The highest BCUT2D eigenvalue weighted by Gasteiger charge is 2.37. The second-order valence-corrected chi connectivity index (χ2v) is 8.74. The number of rotatable bonds is 8. The first-order valence-electron chi connectivity index (χ1n) is 11.9. The van der Waals surface area contributed by atoms with Gasteiger partial charge in [0, 0.05) is 25.2 Å². The number of nitrogens with one attached hydrogen (secondary N) is 2. The predicted octanol–water partition coefficient (Wildman–Crippen LogP) is 3.64. The van der Waals surface area contributed by atoms with E-state index in [0.29, 0.717) is 6.54 Å². The first kappa shape index (κ1) is 23.6. The van der Waals surface area contributed by atoms with Crippen molar-refractivity contribution in [2.24, 2.45) is 0 Å². The monoisotopic (exact) mass is 456 g/mol. The molecule has 176 valence electrons. The molecule has 2 heterocycles. The lowest BCUT2D eigenvalue weighted by Crippen LogP contribution is -2.44. The van der Waals surface area contributed by atoms with Gasteiger partial charge in [0.05, 0.1) is 5.56 Å². The van der Waals surface area contributed by atoms with Crippen molar-refractivity contribution >= 4 is 11.8 Å². The van der Waals surface area contributed by atoms with E-state index in [9.17, 15) is 9.59 Å². The van der Waals surface area contributed by atoms with E-state index >= 15 is 0 Å². The fraction of sp³-hybridized carbons (Fsp3) is 0.321. The van der Waals surface area contributed by atoms with Crippen molar-refractivity contribution < 1.29 is 9.59 Å². The van der Waals surface area contributed by atoms with Gasteiger partial charge in [0.2, 0.25) is 0 Å². The van der Waals surface area contributed by atoms with E-state index in [1.165, 1.54) is 17.3 Å². The molecule has 3 aromatic rings. The molecule has 1 aromatic heterocycles. The topological polar surface area (TPSA) is 74.3 Å². The lowest BCUT2D eigenvalue weighted by atomic mass is 9.68. The number of aromatic nitrogens is 1. The van der Waals surface area contributed by atoms with E-state index < -0.39 is 0 Å². The number of pyridine rings is 1. The molecule has 0 radical (unpaired) electrons. The van der Waals surface area contributed by atoms with Crippen LogP contribution >= 0.6 is 0 Å². The SMILES string of the molecule is CNC(=O)c1cccnc1C(=O)NCCCN1CCC(c2ccccc2)(c2ccccc2)CC1. The van der Waals surface area contributed by atoms with Crippen molar-refractivity contribution in [1.82, 2.24) is 20.5 Å². The van der Waals surface area contributed by atoms with Gasteiger partial charge in [0.15, 0.2) is 0 Å². The smallest absolute Gasteiger partial charge is 0.270 e. The minimum Gasteiger partial charge on any atom is -0.355 e. The number of hydrogen-bond acceptors (Lipinski definition) is 4. The van der Waals surface area contributed by atoms with E-state index in [-0.39, 0.29) is 28.5 Å².